The van der Waals surface area contributed by atoms with Crippen molar-refractivity contribution in [3.63, 3.8) is 0 Å². The van der Waals surface area contributed by atoms with E-state index in [1.807, 2.05) is 6.92 Å². The van der Waals surface area contributed by atoms with Crippen molar-refractivity contribution in [3.05, 3.63) is 12.2 Å². The Kier molecular flexibility index (Phi) is 11.9. The molecule has 1 aliphatic rings. The van der Waals surface area contributed by atoms with Gasteiger partial charge in [0, 0.05) is 6.42 Å². The summed E-state index contributed by atoms with van der Waals surface area (Å²) in [5.41, 5.74) is 0. The van der Waals surface area contributed by atoms with Crippen LogP contribution in [-0.4, -0.2) is 24.8 Å². The van der Waals surface area contributed by atoms with Crippen LogP contribution in [0.3, 0.4) is 0 Å². The summed E-state index contributed by atoms with van der Waals surface area (Å²) in [7, 11) is 0. The van der Waals surface area contributed by atoms with E-state index in [1.165, 1.54) is 51.4 Å². The molecular weight excluding hydrogens is 288 g/mol. The highest BCUT2D eigenvalue weighted by molar-refractivity contribution is 5.69. The van der Waals surface area contributed by atoms with Crippen molar-refractivity contribution in [2.45, 2.75) is 103 Å². The summed E-state index contributed by atoms with van der Waals surface area (Å²) in [6.07, 6.45) is 19.5. The van der Waals surface area contributed by atoms with Gasteiger partial charge in [0.05, 0.1) is 18.8 Å². The summed E-state index contributed by atoms with van der Waals surface area (Å²) >= 11 is 0. The lowest BCUT2D eigenvalue weighted by molar-refractivity contribution is -0.143. The zero-order valence-corrected chi connectivity index (χ0v) is 15.2. The average Bonchev–Trinajstić information content (AvgIpc) is 3.28. The molecule has 0 radical (unpaired) electrons. The summed E-state index contributed by atoms with van der Waals surface area (Å²) in [5, 5.41) is 0. The molecule has 134 valence electrons. The lowest BCUT2D eigenvalue weighted by Crippen LogP contribution is -2.03. The highest BCUT2D eigenvalue weighted by atomic mass is 16.6. The van der Waals surface area contributed by atoms with Gasteiger partial charge in [-0.15, -0.1) is 0 Å². The average molecular weight is 325 g/mol. The second kappa shape index (κ2) is 13.6. The number of hydrogen-bond acceptors (Lipinski definition) is 3. The molecule has 3 heteroatoms. The molecule has 2 atom stereocenters. The van der Waals surface area contributed by atoms with Crippen molar-refractivity contribution >= 4 is 5.97 Å². The molecule has 0 aromatic rings. The number of carbonyl (C=O) groups excluding carboxylic acids is 1. The third-order valence-corrected chi connectivity index (χ3v) is 4.37. The molecule has 1 heterocycles. The molecule has 0 aliphatic carbocycles. The van der Waals surface area contributed by atoms with Crippen LogP contribution in [0.1, 0.15) is 90.9 Å². The summed E-state index contributed by atoms with van der Waals surface area (Å²) in [6, 6.07) is 0. The minimum Gasteiger partial charge on any atom is -0.466 e. The van der Waals surface area contributed by atoms with Crippen LogP contribution in [0.15, 0.2) is 12.2 Å². The Hall–Kier alpha value is -0.830. The Morgan fingerprint density at radius 1 is 0.957 bits per heavy atom. The van der Waals surface area contributed by atoms with E-state index in [9.17, 15) is 4.79 Å². The summed E-state index contributed by atoms with van der Waals surface area (Å²) < 4.78 is 10.6. The zero-order valence-electron chi connectivity index (χ0n) is 15.2. The fourth-order valence-electron chi connectivity index (χ4n) is 2.88. The molecule has 1 saturated heterocycles. The van der Waals surface area contributed by atoms with Crippen molar-refractivity contribution in [2.24, 2.45) is 0 Å². The van der Waals surface area contributed by atoms with Crippen LogP contribution >= 0.6 is 0 Å². The van der Waals surface area contributed by atoms with Crippen LogP contribution < -0.4 is 0 Å². The number of allylic oxidation sites excluding steroid dienone is 1. The summed E-state index contributed by atoms with van der Waals surface area (Å²) in [5.74, 6) is -0.0503. The van der Waals surface area contributed by atoms with Gasteiger partial charge in [-0.1, -0.05) is 57.6 Å². The molecule has 1 fully saturated rings. The Morgan fingerprint density at radius 3 is 2.52 bits per heavy atom. The zero-order chi connectivity index (χ0) is 16.8. The highest BCUT2D eigenvalue weighted by Crippen LogP contribution is 2.30. The van der Waals surface area contributed by atoms with E-state index in [0.29, 0.717) is 25.2 Å². The number of carbonyl (C=O) groups is 1. The van der Waals surface area contributed by atoms with Crippen molar-refractivity contribution in [2.75, 3.05) is 6.61 Å². The monoisotopic (exact) mass is 324 g/mol. The van der Waals surface area contributed by atoms with Gasteiger partial charge in [-0.2, -0.15) is 0 Å². The van der Waals surface area contributed by atoms with Gasteiger partial charge in [0.1, 0.15) is 0 Å². The van der Waals surface area contributed by atoms with Crippen molar-refractivity contribution < 1.29 is 14.3 Å². The first kappa shape index (κ1) is 20.2. The SMILES string of the molecule is CCCCC[C@@H]1O[C@@H]1C/C=C\CCCCCCCC(=O)OCC. The fourth-order valence-corrected chi connectivity index (χ4v) is 2.88. The number of epoxide rings is 1. The van der Waals surface area contributed by atoms with Gasteiger partial charge in [0.15, 0.2) is 0 Å². The molecule has 0 aromatic heterocycles. The van der Waals surface area contributed by atoms with Gasteiger partial charge in [-0.05, 0) is 39.0 Å². The van der Waals surface area contributed by atoms with Crippen molar-refractivity contribution in [1.29, 1.82) is 0 Å². The molecule has 0 amide bonds. The maximum absolute atomic E-state index is 11.2. The first-order chi connectivity index (χ1) is 11.3. The smallest absolute Gasteiger partial charge is 0.305 e. The van der Waals surface area contributed by atoms with Gasteiger partial charge in [-0.25, -0.2) is 0 Å². The van der Waals surface area contributed by atoms with Crippen molar-refractivity contribution in [3.8, 4) is 0 Å². The van der Waals surface area contributed by atoms with E-state index >= 15 is 0 Å². The van der Waals surface area contributed by atoms with E-state index in [-0.39, 0.29) is 5.97 Å². The van der Waals surface area contributed by atoms with Crippen LogP contribution in [0.2, 0.25) is 0 Å². The van der Waals surface area contributed by atoms with Gasteiger partial charge < -0.3 is 9.47 Å². The van der Waals surface area contributed by atoms with Crippen LogP contribution in [-0.2, 0) is 14.3 Å². The fraction of sp³-hybridized carbons (Fsp3) is 0.850. The van der Waals surface area contributed by atoms with Gasteiger partial charge >= 0.3 is 5.97 Å². The van der Waals surface area contributed by atoms with Crippen LogP contribution in [0.5, 0.6) is 0 Å². The Labute approximate surface area is 142 Å². The minimum atomic E-state index is -0.0503. The number of hydrogen-bond donors (Lipinski definition) is 0. The van der Waals surface area contributed by atoms with E-state index in [0.717, 1.165) is 19.3 Å². The maximum atomic E-state index is 11.2. The van der Waals surface area contributed by atoms with E-state index < -0.39 is 0 Å². The molecular formula is C20H36O3. The third kappa shape index (κ3) is 11.4. The van der Waals surface area contributed by atoms with E-state index in [1.54, 1.807) is 0 Å². The molecule has 0 spiro atoms. The summed E-state index contributed by atoms with van der Waals surface area (Å²) in [6.45, 7) is 4.60. The van der Waals surface area contributed by atoms with E-state index in [4.69, 9.17) is 9.47 Å². The lowest BCUT2D eigenvalue weighted by atomic mass is 10.1. The predicted molar refractivity (Wildman–Crippen MR) is 95.5 cm³/mol. The van der Waals surface area contributed by atoms with Crippen LogP contribution in [0.4, 0.5) is 0 Å². The Bertz CT molecular complexity index is 325. The van der Waals surface area contributed by atoms with Crippen LogP contribution in [0.25, 0.3) is 0 Å². The molecule has 0 unspecified atom stereocenters. The minimum absolute atomic E-state index is 0.0503. The lowest BCUT2D eigenvalue weighted by Gasteiger charge is -2.01. The second-order valence-corrected chi connectivity index (χ2v) is 6.53. The molecule has 0 aromatic carbocycles. The highest BCUT2D eigenvalue weighted by Gasteiger charge is 2.36. The molecule has 1 aliphatic heterocycles. The topological polar surface area (TPSA) is 38.8 Å². The first-order valence-corrected chi connectivity index (χ1v) is 9.74. The molecule has 1 rings (SSSR count). The Balaban J connectivity index is 1.80. The quantitative estimate of drug-likeness (QED) is 0.171. The van der Waals surface area contributed by atoms with Crippen LogP contribution in [0, 0.1) is 0 Å². The molecule has 0 N–H and O–H groups in total. The first-order valence-electron chi connectivity index (χ1n) is 9.74. The molecule has 0 saturated carbocycles. The van der Waals surface area contributed by atoms with Gasteiger partial charge in [-0.3, -0.25) is 4.79 Å². The Morgan fingerprint density at radius 2 is 1.74 bits per heavy atom. The standard InChI is InChI=1S/C20H36O3/c1-3-5-12-15-18-19(23-18)16-13-10-8-6-7-9-11-14-17-20(21)22-4-2/h10,13,18-19H,3-9,11-12,14-17H2,1-2H3/b13-10-/t18-,19+/m0/s1. The number of unbranched alkanes of at least 4 members (excludes halogenated alkanes) is 7. The maximum Gasteiger partial charge on any atom is 0.305 e. The number of ether oxygens (including phenoxy) is 2. The van der Waals surface area contributed by atoms with Crippen molar-refractivity contribution in [1.82, 2.24) is 0 Å². The largest absolute Gasteiger partial charge is 0.466 e. The molecule has 23 heavy (non-hydrogen) atoms. The second-order valence-electron chi connectivity index (χ2n) is 6.53. The number of esters is 1. The third-order valence-electron chi connectivity index (χ3n) is 4.37. The van der Waals surface area contributed by atoms with Gasteiger partial charge in [0.25, 0.3) is 0 Å². The molecule has 3 nitrogen and oxygen atoms in total. The van der Waals surface area contributed by atoms with Gasteiger partial charge in [0.2, 0.25) is 0 Å². The number of rotatable bonds is 15. The van der Waals surface area contributed by atoms with E-state index in [2.05, 4.69) is 19.1 Å². The normalized spacial score (nSPS) is 20.1. The predicted octanol–water partition coefficient (Wildman–Crippen LogP) is 5.57. The summed E-state index contributed by atoms with van der Waals surface area (Å²) in [4.78, 5) is 11.2. The molecule has 0 bridgehead atoms.